The number of carbonyl (C=O) groups excluding carboxylic acids is 4. The molecule has 3 unspecified atom stereocenters. The van der Waals surface area contributed by atoms with Crippen LogP contribution in [0.4, 0.5) is 4.79 Å². The van der Waals surface area contributed by atoms with Crippen LogP contribution in [0.2, 0.25) is 0 Å². The average molecular weight is 607 g/mol. The third kappa shape index (κ3) is 14.7. The fourth-order valence-corrected chi connectivity index (χ4v) is 3.70. The highest BCUT2D eigenvalue weighted by Crippen LogP contribution is 2.20. The summed E-state index contributed by atoms with van der Waals surface area (Å²) in [4.78, 5) is 48.7. The Morgan fingerprint density at radius 2 is 1.86 bits per heavy atom. The minimum absolute atomic E-state index is 0.221. The van der Waals surface area contributed by atoms with Gasteiger partial charge in [-0.15, -0.1) is 0 Å². The number of nitrogens with one attached hydrogen (secondary N) is 3. The predicted molar refractivity (Wildman–Crippen MR) is 161 cm³/mol. The molecule has 0 saturated carbocycles. The van der Waals surface area contributed by atoms with E-state index >= 15 is 0 Å². The molecule has 3 amide bonds. The zero-order chi connectivity index (χ0) is 31.7. The highest BCUT2D eigenvalue weighted by atomic mass is 35.5. The minimum atomic E-state index is -0.826. The number of hydrogen-bond donors (Lipinski definition) is 4. The van der Waals surface area contributed by atoms with E-state index in [-0.39, 0.29) is 11.9 Å². The Balaban J connectivity index is 2.66. The number of methoxy groups -OCH3 is 1. The Hall–Kier alpha value is -3.83. The number of amides is 3. The van der Waals surface area contributed by atoms with Gasteiger partial charge in [-0.05, 0) is 31.5 Å². The molecule has 11 nitrogen and oxygen atoms in total. The van der Waals surface area contributed by atoms with Crippen LogP contribution < -0.4 is 21.9 Å². The molecule has 12 heteroatoms. The molecule has 0 aromatic heterocycles. The van der Waals surface area contributed by atoms with Gasteiger partial charge in [-0.25, -0.2) is 15.4 Å². The number of ether oxygens (including phenoxy) is 3. The summed E-state index contributed by atoms with van der Waals surface area (Å²) in [7, 11) is 1.43. The van der Waals surface area contributed by atoms with E-state index in [9.17, 15) is 19.2 Å². The number of rotatable bonds is 14. The van der Waals surface area contributed by atoms with Gasteiger partial charge in [0.2, 0.25) is 11.8 Å². The van der Waals surface area contributed by atoms with Crippen LogP contribution in [-0.2, 0) is 28.6 Å². The normalized spacial score (nSPS) is 18.0. The molecule has 0 aromatic carbocycles. The number of nitrogens with two attached hydrogens (primary N) is 1. The van der Waals surface area contributed by atoms with Crippen LogP contribution in [0.1, 0.15) is 60.3 Å². The van der Waals surface area contributed by atoms with E-state index in [1.807, 2.05) is 45.3 Å². The summed E-state index contributed by atoms with van der Waals surface area (Å²) in [5.74, 6) is 4.00. The second-order valence-corrected chi connectivity index (χ2v) is 11.2. The maximum Gasteiger partial charge on any atom is 0.421 e. The summed E-state index contributed by atoms with van der Waals surface area (Å²) in [6.07, 6.45) is 15.1. The molecule has 0 radical (unpaired) electrons. The molecule has 42 heavy (non-hydrogen) atoms. The molecule has 1 rings (SSSR count). The molecular weight excluding hydrogens is 564 g/mol. The SMILES string of the molecule is COC1=CCC(C/C=C(C)/C=C\C=C\C(=O)NC(C(=O)N/C=C\CC(C/C=C(\C)Cl)OC(=O)NN)C(C)(C)C)OC1=O. The molecule has 0 aromatic rings. The third-order valence-electron chi connectivity index (χ3n) is 5.89. The first-order valence-electron chi connectivity index (χ1n) is 13.5. The van der Waals surface area contributed by atoms with Gasteiger partial charge in [-0.1, -0.05) is 74.4 Å². The van der Waals surface area contributed by atoms with Crippen molar-refractivity contribution >= 4 is 35.5 Å². The molecule has 232 valence electrons. The van der Waals surface area contributed by atoms with Crippen molar-refractivity contribution in [3.63, 3.8) is 0 Å². The number of esters is 1. The van der Waals surface area contributed by atoms with E-state index in [0.29, 0.717) is 30.7 Å². The number of halogens is 1. The molecule has 1 aliphatic heterocycles. The first-order chi connectivity index (χ1) is 19.8. The summed E-state index contributed by atoms with van der Waals surface area (Å²) < 4.78 is 15.5. The van der Waals surface area contributed by atoms with Crippen molar-refractivity contribution in [1.29, 1.82) is 0 Å². The van der Waals surface area contributed by atoms with Crippen LogP contribution in [0.15, 0.2) is 71.2 Å². The van der Waals surface area contributed by atoms with Crippen molar-refractivity contribution in [2.24, 2.45) is 11.3 Å². The van der Waals surface area contributed by atoms with Gasteiger partial charge < -0.3 is 24.8 Å². The van der Waals surface area contributed by atoms with E-state index in [0.717, 1.165) is 5.57 Å². The first-order valence-corrected chi connectivity index (χ1v) is 13.9. The van der Waals surface area contributed by atoms with Crippen molar-refractivity contribution in [2.45, 2.75) is 78.6 Å². The molecule has 0 aliphatic carbocycles. The Bertz CT molecular complexity index is 1130. The maximum absolute atomic E-state index is 12.9. The van der Waals surface area contributed by atoms with Gasteiger partial charge in [-0.3, -0.25) is 15.0 Å². The lowest BCUT2D eigenvalue weighted by Crippen LogP contribution is -2.52. The van der Waals surface area contributed by atoms with Gasteiger partial charge >= 0.3 is 12.1 Å². The van der Waals surface area contributed by atoms with Crippen LogP contribution in [0.3, 0.4) is 0 Å². The topological polar surface area (TPSA) is 158 Å². The van der Waals surface area contributed by atoms with Crippen LogP contribution in [-0.4, -0.2) is 49.2 Å². The lowest BCUT2D eigenvalue weighted by atomic mass is 9.86. The maximum atomic E-state index is 12.9. The molecule has 1 heterocycles. The quantitative estimate of drug-likeness (QED) is 0.0568. The fourth-order valence-electron chi connectivity index (χ4n) is 3.61. The summed E-state index contributed by atoms with van der Waals surface area (Å²) in [6.45, 7) is 9.12. The van der Waals surface area contributed by atoms with Crippen molar-refractivity contribution in [2.75, 3.05) is 7.11 Å². The molecule has 0 spiro atoms. The summed E-state index contributed by atoms with van der Waals surface area (Å²) >= 11 is 5.86. The Morgan fingerprint density at radius 3 is 2.45 bits per heavy atom. The molecule has 3 atom stereocenters. The van der Waals surface area contributed by atoms with Gasteiger partial charge in [0.15, 0.2) is 5.76 Å². The van der Waals surface area contributed by atoms with E-state index in [1.54, 1.807) is 37.3 Å². The second kappa shape index (κ2) is 18.6. The van der Waals surface area contributed by atoms with Gasteiger partial charge in [-0.2, -0.15) is 0 Å². The van der Waals surface area contributed by atoms with Crippen LogP contribution in [0.25, 0.3) is 0 Å². The number of hydrazine groups is 1. The summed E-state index contributed by atoms with van der Waals surface area (Å²) in [5.41, 5.74) is 2.26. The zero-order valence-corrected chi connectivity index (χ0v) is 25.8. The lowest BCUT2D eigenvalue weighted by molar-refractivity contribution is -0.149. The highest BCUT2D eigenvalue weighted by Gasteiger charge is 2.32. The molecule has 0 fully saturated rings. The van der Waals surface area contributed by atoms with Crippen LogP contribution >= 0.6 is 11.6 Å². The number of hydrogen-bond acceptors (Lipinski definition) is 8. The van der Waals surface area contributed by atoms with Crippen LogP contribution in [0.5, 0.6) is 0 Å². The van der Waals surface area contributed by atoms with E-state index < -0.39 is 41.4 Å². The largest absolute Gasteiger partial charge is 0.490 e. The number of carbonyl (C=O) groups is 4. The summed E-state index contributed by atoms with van der Waals surface area (Å²) in [5, 5.41) is 5.97. The third-order valence-corrected chi connectivity index (χ3v) is 6.05. The van der Waals surface area contributed by atoms with Gasteiger partial charge in [0.1, 0.15) is 18.2 Å². The standard InChI is InChI=1S/C30H43ClN4O7/c1-20(13-15-23-17-18-24(40-6)28(38)41-23)10-7-8-12-25(36)34-26(30(3,4)5)27(37)33-19-9-11-22(16-14-21(2)31)42-29(39)35-32/h7-10,12-14,18-19,22-23,26H,11,15-17,32H2,1-6H3,(H,33,37)(H,34,36)(H,35,39)/b10-7-,12-8+,19-9-,20-13+,21-14+. The van der Waals surface area contributed by atoms with Crippen molar-refractivity contribution in [3.05, 3.63) is 71.2 Å². The molecule has 5 N–H and O–H groups in total. The van der Waals surface area contributed by atoms with Crippen molar-refractivity contribution in [1.82, 2.24) is 16.1 Å². The van der Waals surface area contributed by atoms with Crippen molar-refractivity contribution < 1.29 is 33.4 Å². The molecule has 0 bridgehead atoms. The highest BCUT2D eigenvalue weighted by molar-refractivity contribution is 6.29. The number of cyclic esters (lactones) is 1. The van der Waals surface area contributed by atoms with Crippen molar-refractivity contribution in [3.8, 4) is 0 Å². The van der Waals surface area contributed by atoms with E-state index in [1.165, 1.54) is 19.4 Å². The number of allylic oxidation sites excluding steroid dienone is 5. The van der Waals surface area contributed by atoms with E-state index in [2.05, 4.69) is 10.6 Å². The molecule has 0 saturated heterocycles. The first kappa shape index (κ1) is 36.2. The second-order valence-electron chi connectivity index (χ2n) is 10.6. The minimum Gasteiger partial charge on any atom is -0.490 e. The Kier molecular flexibility index (Phi) is 16.0. The van der Waals surface area contributed by atoms with E-state index in [4.69, 9.17) is 31.7 Å². The Morgan fingerprint density at radius 1 is 1.17 bits per heavy atom. The average Bonchev–Trinajstić information content (AvgIpc) is 2.92. The molecule has 1 aliphatic rings. The van der Waals surface area contributed by atoms with Gasteiger partial charge in [0.05, 0.1) is 7.11 Å². The smallest absolute Gasteiger partial charge is 0.421 e. The zero-order valence-electron chi connectivity index (χ0n) is 25.1. The summed E-state index contributed by atoms with van der Waals surface area (Å²) in [6, 6.07) is -0.826. The lowest BCUT2D eigenvalue weighted by Gasteiger charge is -2.29. The van der Waals surface area contributed by atoms with Gasteiger partial charge in [0.25, 0.3) is 0 Å². The van der Waals surface area contributed by atoms with Gasteiger partial charge in [0, 0.05) is 36.8 Å². The fraction of sp³-hybridized carbons (Fsp3) is 0.467. The molecular formula is C30H43ClN4O7. The Labute approximate surface area is 252 Å². The van der Waals surface area contributed by atoms with Crippen LogP contribution in [0, 0.1) is 5.41 Å². The monoisotopic (exact) mass is 606 g/mol. The predicted octanol–water partition coefficient (Wildman–Crippen LogP) is 4.33.